The molecule has 2 aliphatic rings. The first-order valence-electron chi connectivity index (χ1n) is 16.4. The van der Waals surface area contributed by atoms with Crippen LogP contribution in [0, 0.1) is 19.8 Å². The van der Waals surface area contributed by atoms with Crippen molar-refractivity contribution >= 4 is 29.3 Å². The molecule has 1 saturated heterocycles. The first kappa shape index (κ1) is 31.5. The van der Waals surface area contributed by atoms with Crippen molar-refractivity contribution in [3.8, 4) is 0 Å². The third-order valence-electron chi connectivity index (χ3n) is 10.1. The minimum atomic E-state index is 0.0455. The van der Waals surface area contributed by atoms with Crippen molar-refractivity contribution in [3.05, 3.63) is 95.3 Å². The highest BCUT2D eigenvalue weighted by Gasteiger charge is 2.37. The van der Waals surface area contributed by atoms with Crippen LogP contribution < -0.4 is 5.73 Å². The van der Waals surface area contributed by atoms with Gasteiger partial charge in [0.15, 0.2) is 0 Å². The van der Waals surface area contributed by atoms with E-state index in [9.17, 15) is 4.79 Å². The maximum Gasteiger partial charge on any atom is 0.256 e. The average molecular weight is 592 g/mol. The Bertz CT molecular complexity index is 1530. The zero-order chi connectivity index (χ0) is 31.1. The molecular weight excluding hydrogens is 542 g/mol. The van der Waals surface area contributed by atoms with E-state index in [2.05, 4.69) is 78.7 Å². The molecule has 1 aromatic heterocycles. The number of aromatic nitrogens is 2. The number of carbonyl (C=O) groups is 1. The molecule has 2 fully saturated rings. The van der Waals surface area contributed by atoms with E-state index in [0.29, 0.717) is 17.3 Å². The van der Waals surface area contributed by atoms with Crippen LogP contribution in [0.15, 0.2) is 77.8 Å². The lowest BCUT2D eigenvalue weighted by Crippen LogP contribution is -2.45. The number of piperidine rings is 1. The molecule has 1 amide bonds. The molecule has 44 heavy (non-hydrogen) atoms. The van der Waals surface area contributed by atoms with E-state index in [0.717, 1.165) is 55.9 Å². The van der Waals surface area contributed by atoms with Gasteiger partial charge in [0, 0.05) is 36.8 Å². The van der Waals surface area contributed by atoms with E-state index >= 15 is 0 Å². The number of likely N-dealkylation sites (tertiary alicyclic amines) is 1. The summed E-state index contributed by atoms with van der Waals surface area (Å²) in [7, 11) is 0. The number of nitrogens with zero attached hydrogens (tertiary/aromatic N) is 4. The summed E-state index contributed by atoms with van der Waals surface area (Å²) in [6.45, 7) is 12.2. The van der Waals surface area contributed by atoms with Gasteiger partial charge in [0.05, 0.1) is 16.6 Å². The molecule has 0 spiro atoms. The lowest BCUT2D eigenvalue weighted by atomic mass is 9.70. The number of rotatable bonds is 9. The zero-order valence-corrected chi connectivity index (χ0v) is 26.8. The van der Waals surface area contributed by atoms with Gasteiger partial charge in [-0.15, -0.1) is 0 Å². The lowest BCUT2D eigenvalue weighted by Gasteiger charge is -2.42. The zero-order valence-electron chi connectivity index (χ0n) is 26.8. The second-order valence-electron chi connectivity index (χ2n) is 12.8. The molecule has 1 aliphatic heterocycles. The number of para-hydroxylation sites is 2. The third-order valence-corrected chi connectivity index (χ3v) is 10.1. The number of nitrogens with two attached hydrogens (primary N) is 1. The van der Waals surface area contributed by atoms with Crippen molar-refractivity contribution in [2.45, 2.75) is 83.6 Å². The maximum atomic E-state index is 13.0. The Morgan fingerprint density at radius 3 is 2.36 bits per heavy atom. The van der Waals surface area contributed by atoms with E-state index < -0.39 is 0 Å². The quantitative estimate of drug-likeness (QED) is 0.157. The van der Waals surface area contributed by atoms with Crippen molar-refractivity contribution in [1.29, 1.82) is 0 Å². The van der Waals surface area contributed by atoms with Crippen molar-refractivity contribution in [2.75, 3.05) is 25.4 Å². The van der Waals surface area contributed by atoms with Gasteiger partial charge in [0.2, 0.25) is 0 Å². The molecule has 0 radical (unpaired) electrons. The Morgan fingerprint density at radius 2 is 1.73 bits per heavy atom. The van der Waals surface area contributed by atoms with Gasteiger partial charge in [-0.25, -0.2) is 4.98 Å². The van der Waals surface area contributed by atoms with E-state index in [1.807, 2.05) is 30.0 Å². The number of nitrogen functional groups attached to an aromatic ring is 1. The second-order valence-corrected chi connectivity index (χ2v) is 12.8. The van der Waals surface area contributed by atoms with Crippen LogP contribution in [0.1, 0.15) is 91.6 Å². The molecule has 1 unspecified atom stereocenters. The first-order valence-corrected chi connectivity index (χ1v) is 16.4. The Morgan fingerprint density at radius 1 is 1.02 bits per heavy atom. The molecule has 6 heteroatoms. The molecule has 6 rings (SSSR count). The number of carbonyl (C=O) groups excluding carboxylic acids is 1. The van der Waals surface area contributed by atoms with Crippen molar-refractivity contribution in [2.24, 2.45) is 10.9 Å². The van der Waals surface area contributed by atoms with Crippen molar-refractivity contribution < 1.29 is 4.79 Å². The number of amides is 1. The smallest absolute Gasteiger partial charge is 0.256 e. The third kappa shape index (κ3) is 6.74. The number of aliphatic imine (C=N–C) groups is 1. The Labute approximate surface area is 263 Å². The summed E-state index contributed by atoms with van der Waals surface area (Å²) < 4.78 is 2.47. The highest BCUT2D eigenvalue weighted by Crippen LogP contribution is 2.39. The summed E-state index contributed by atoms with van der Waals surface area (Å²) in [6, 6.07) is 25.4. The van der Waals surface area contributed by atoms with Crippen LogP contribution in [0.4, 0.5) is 5.69 Å². The highest BCUT2D eigenvalue weighted by molar-refractivity contribution is 6.00. The van der Waals surface area contributed by atoms with Gasteiger partial charge in [-0.3, -0.25) is 4.79 Å². The number of hydrogen-bond donors (Lipinski definition) is 1. The van der Waals surface area contributed by atoms with Gasteiger partial charge in [-0.05, 0) is 87.9 Å². The van der Waals surface area contributed by atoms with Gasteiger partial charge < -0.3 is 20.2 Å². The fraction of sp³-hybridized carbons (Fsp3) is 0.447. The number of fused-ring (bicyclic) bond motifs is 1. The van der Waals surface area contributed by atoms with Crippen LogP contribution in [0.25, 0.3) is 11.0 Å². The van der Waals surface area contributed by atoms with Crippen LogP contribution in [0.3, 0.4) is 0 Å². The van der Waals surface area contributed by atoms with Gasteiger partial charge in [0.25, 0.3) is 5.91 Å². The normalized spacial score (nSPS) is 16.9. The Balaban J connectivity index is 0.000000186. The minimum Gasteiger partial charge on any atom is -0.398 e. The van der Waals surface area contributed by atoms with E-state index in [4.69, 9.17) is 10.7 Å². The standard InChI is InChI=1S/C22H27N3O.C16H22N2/c1-17-7-6-10-19(23)20(17)21(26)25-15-12-22(13-16-25,11-14-24-2)18-8-4-3-5-9-18;1-3-14(11-13-7-6-8-13)18-12(2)17-15-9-4-5-10-16(15)18/h3-10H,2,11-16,23H2,1H3;4-5,9-10,13-14H,3,6-8,11H2,1-2H3. The molecule has 2 N–H and O–H groups in total. The summed E-state index contributed by atoms with van der Waals surface area (Å²) in [5, 5.41) is 0. The van der Waals surface area contributed by atoms with E-state index in [-0.39, 0.29) is 11.3 Å². The fourth-order valence-corrected chi connectivity index (χ4v) is 7.24. The average Bonchev–Trinajstić information content (AvgIpc) is 3.36. The summed E-state index contributed by atoms with van der Waals surface area (Å²) in [6.07, 6.45) is 9.67. The van der Waals surface area contributed by atoms with Crippen molar-refractivity contribution in [3.63, 3.8) is 0 Å². The van der Waals surface area contributed by atoms with Gasteiger partial charge in [-0.1, -0.05) is 80.8 Å². The molecule has 1 aliphatic carbocycles. The van der Waals surface area contributed by atoms with E-state index in [1.54, 1.807) is 6.07 Å². The Kier molecular flexibility index (Phi) is 10.2. The monoisotopic (exact) mass is 591 g/mol. The van der Waals surface area contributed by atoms with E-state index in [1.165, 1.54) is 49.0 Å². The molecule has 1 atom stereocenters. The van der Waals surface area contributed by atoms with Gasteiger partial charge in [-0.2, -0.15) is 0 Å². The molecule has 0 bridgehead atoms. The molecule has 4 aromatic rings. The highest BCUT2D eigenvalue weighted by atomic mass is 16.2. The van der Waals surface area contributed by atoms with Crippen molar-refractivity contribution in [1.82, 2.24) is 14.5 Å². The predicted molar refractivity (Wildman–Crippen MR) is 184 cm³/mol. The molecule has 1 saturated carbocycles. The number of imidazole rings is 1. The summed E-state index contributed by atoms with van der Waals surface area (Å²) in [5.41, 5.74) is 12.1. The van der Waals surface area contributed by atoms with Crippen LogP contribution in [0.2, 0.25) is 0 Å². The second kappa shape index (κ2) is 14.2. The number of hydrogen-bond acceptors (Lipinski definition) is 4. The first-order chi connectivity index (χ1) is 21.4. The number of benzene rings is 3. The molecule has 232 valence electrons. The van der Waals surface area contributed by atoms with Gasteiger partial charge >= 0.3 is 0 Å². The van der Waals surface area contributed by atoms with Crippen LogP contribution in [-0.4, -0.2) is 46.7 Å². The summed E-state index contributed by atoms with van der Waals surface area (Å²) in [5.74, 6) is 2.17. The predicted octanol–water partition coefficient (Wildman–Crippen LogP) is 8.33. The Hall–Kier alpha value is -3.93. The van der Waals surface area contributed by atoms with Crippen LogP contribution in [0.5, 0.6) is 0 Å². The molecule has 2 heterocycles. The van der Waals surface area contributed by atoms with Gasteiger partial charge in [0.1, 0.15) is 5.82 Å². The minimum absolute atomic E-state index is 0.0455. The van der Waals surface area contributed by atoms with Crippen LogP contribution in [-0.2, 0) is 5.41 Å². The maximum absolute atomic E-state index is 13.0. The topological polar surface area (TPSA) is 76.5 Å². The summed E-state index contributed by atoms with van der Waals surface area (Å²) in [4.78, 5) is 23.7. The number of anilines is 1. The van der Waals surface area contributed by atoms with Crippen LogP contribution >= 0.6 is 0 Å². The number of aryl methyl sites for hydroxylation is 2. The molecule has 6 nitrogen and oxygen atoms in total. The largest absolute Gasteiger partial charge is 0.398 e. The molecular formula is C38H49N5O. The summed E-state index contributed by atoms with van der Waals surface area (Å²) >= 11 is 0. The SMILES string of the molecule is C=NCCC1(c2ccccc2)CCN(C(=O)c2c(C)cccc2N)CC1.CCC(CC1CCC1)n1c(C)nc2ccccc21. The molecule has 3 aromatic carbocycles. The fourth-order valence-electron chi connectivity index (χ4n) is 7.24. The lowest BCUT2D eigenvalue weighted by molar-refractivity contribution is 0.0661.